The molecule has 1 N–H and O–H groups in total. The first-order valence-corrected chi connectivity index (χ1v) is 7.01. The summed E-state index contributed by atoms with van der Waals surface area (Å²) in [5, 5.41) is 3.22. The van der Waals surface area contributed by atoms with Crippen molar-refractivity contribution in [1.82, 2.24) is 0 Å². The van der Waals surface area contributed by atoms with Crippen LogP contribution in [-0.2, 0) is 10.3 Å². The first-order chi connectivity index (χ1) is 10.4. The molecule has 1 amide bonds. The Balaban J connectivity index is 1.96. The molecule has 2 aromatic carbocycles. The first-order valence-electron chi connectivity index (χ1n) is 7.01. The van der Waals surface area contributed by atoms with Gasteiger partial charge in [0.2, 0.25) is 0 Å². The average Bonchev–Trinajstić information content (AvgIpc) is 2.47. The van der Waals surface area contributed by atoms with Gasteiger partial charge in [-0.25, -0.2) is 9.18 Å². The normalized spacial score (nSPS) is 16.0. The van der Waals surface area contributed by atoms with Gasteiger partial charge in [-0.05, 0) is 56.3 Å². The van der Waals surface area contributed by atoms with Crippen molar-refractivity contribution in [1.29, 1.82) is 0 Å². The second-order valence-corrected chi connectivity index (χ2v) is 5.80. The third-order valence-corrected chi connectivity index (χ3v) is 3.76. The van der Waals surface area contributed by atoms with Gasteiger partial charge < -0.3 is 10.1 Å². The molecule has 114 valence electrons. The highest BCUT2D eigenvalue weighted by Gasteiger charge is 2.36. The molecule has 0 saturated heterocycles. The lowest BCUT2D eigenvalue weighted by Gasteiger charge is -2.37. The Labute approximate surface area is 128 Å². The molecule has 2 aromatic rings. The summed E-state index contributed by atoms with van der Waals surface area (Å²) >= 11 is 0. The van der Waals surface area contributed by atoms with Crippen LogP contribution in [0.25, 0.3) is 0 Å². The van der Waals surface area contributed by atoms with Gasteiger partial charge in [0.25, 0.3) is 0 Å². The summed E-state index contributed by atoms with van der Waals surface area (Å²) in [6.45, 7) is 3.72. The molecular weight excluding hydrogens is 283 g/mol. The molecule has 0 aromatic heterocycles. The molecule has 0 unspecified atom stereocenters. The highest BCUT2D eigenvalue weighted by molar-refractivity contribution is 5.91. The highest BCUT2D eigenvalue weighted by atomic mass is 19.1. The van der Waals surface area contributed by atoms with E-state index in [2.05, 4.69) is 5.32 Å². The van der Waals surface area contributed by atoms with Crippen molar-refractivity contribution in [2.75, 3.05) is 17.3 Å². The molecule has 3 rings (SSSR count). The molecule has 1 aliphatic heterocycles. The number of nitrogens with zero attached hydrogens (tertiary/aromatic N) is 1. The van der Waals surface area contributed by atoms with Crippen molar-refractivity contribution in [2.24, 2.45) is 0 Å². The summed E-state index contributed by atoms with van der Waals surface area (Å²) in [6.07, 6.45) is -0.364. The lowest BCUT2D eigenvalue weighted by Crippen LogP contribution is -2.41. The van der Waals surface area contributed by atoms with Crippen molar-refractivity contribution in [3.05, 3.63) is 53.8 Å². The molecule has 0 radical (unpaired) electrons. The Bertz CT molecular complexity index is 726. The Hall–Kier alpha value is -2.56. The molecule has 0 atom stereocenters. The van der Waals surface area contributed by atoms with Crippen LogP contribution in [0.2, 0.25) is 0 Å². The number of hydrogen-bond donors (Lipinski definition) is 1. The fourth-order valence-electron chi connectivity index (χ4n) is 2.53. The van der Waals surface area contributed by atoms with Gasteiger partial charge in [-0.1, -0.05) is 0 Å². The predicted molar refractivity (Wildman–Crippen MR) is 84.0 cm³/mol. The minimum atomic E-state index is -0.695. The van der Waals surface area contributed by atoms with Gasteiger partial charge >= 0.3 is 6.09 Å². The van der Waals surface area contributed by atoms with Crippen LogP contribution in [0, 0.1) is 5.82 Å². The summed E-state index contributed by atoms with van der Waals surface area (Å²) in [7, 11) is 1.68. The quantitative estimate of drug-likeness (QED) is 0.894. The van der Waals surface area contributed by atoms with E-state index in [1.807, 2.05) is 32.0 Å². The molecular formula is C17H17FN2O2. The van der Waals surface area contributed by atoms with Crippen molar-refractivity contribution >= 4 is 23.2 Å². The maximum atomic E-state index is 13.0. The number of benzene rings is 2. The van der Waals surface area contributed by atoms with Gasteiger partial charge in [-0.15, -0.1) is 0 Å². The maximum Gasteiger partial charge on any atom is 0.414 e. The van der Waals surface area contributed by atoms with Gasteiger partial charge in [-0.3, -0.25) is 4.90 Å². The lowest BCUT2D eigenvalue weighted by atomic mass is 9.93. The van der Waals surface area contributed by atoms with Gasteiger partial charge in [0.15, 0.2) is 0 Å². The number of anilines is 3. The number of ether oxygens (including phenoxy) is 1. The first kappa shape index (κ1) is 14.4. The third kappa shape index (κ3) is 2.50. The standard InChI is InChI=1S/C17H17FN2O2/c1-17(2)14-10-13(19-12-6-4-11(18)5-7-12)8-9-15(14)20(3)16(21)22-17/h4-10,19H,1-3H3. The third-order valence-electron chi connectivity index (χ3n) is 3.76. The fraction of sp³-hybridized carbons (Fsp3) is 0.235. The monoisotopic (exact) mass is 300 g/mol. The lowest BCUT2D eigenvalue weighted by molar-refractivity contribution is 0.0362. The zero-order valence-corrected chi connectivity index (χ0v) is 12.7. The van der Waals surface area contributed by atoms with Crippen LogP contribution in [0.4, 0.5) is 26.2 Å². The van der Waals surface area contributed by atoms with E-state index >= 15 is 0 Å². The van der Waals surface area contributed by atoms with Gasteiger partial charge in [0, 0.05) is 24.0 Å². The van der Waals surface area contributed by atoms with Crippen molar-refractivity contribution in [3.8, 4) is 0 Å². The van der Waals surface area contributed by atoms with E-state index in [9.17, 15) is 9.18 Å². The maximum absolute atomic E-state index is 13.0. The number of nitrogens with one attached hydrogen (secondary N) is 1. The molecule has 0 fully saturated rings. The Kier molecular flexibility index (Phi) is 3.28. The minimum absolute atomic E-state index is 0.273. The number of hydrogen-bond acceptors (Lipinski definition) is 3. The largest absolute Gasteiger partial charge is 0.438 e. The van der Waals surface area contributed by atoms with Gasteiger partial charge in [0.1, 0.15) is 11.4 Å². The molecule has 0 bridgehead atoms. The Morgan fingerprint density at radius 3 is 2.41 bits per heavy atom. The number of fused-ring (bicyclic) bond motifs is 1. The molecule has 4 nitrogen and oxygen atoms in total. The van der Waals surface area contributed by atoms with Crippen molar-refractivity contribution in [2.45, 2.75) is 19.4 Å². The summed E-state index contributed by atoms with van der Waals surface area (Å²) in [5.74, 6) is -0.273. The molecule has 22 heavy (non-hydrogen) atoms. The summed E-state index contributed by atoms with van der Waals surface area (Å²) in [4.78, 5) is 13.3. The Morgan fingerprint density at radius 2 is 1.73 bits per heavy atom. The SMILES string of the molecule is CN1C(=O)OC(C)(C)c2cc(Nc3ccc(F)cc3)ccc21. The number of halogens is 1. The molecule has 0 spiro atoms. The van der Waals surface area contributed by atoms with Crippen LogP contribution in [0.1, 0.15) is 19.4 Å². The van der Waals surface area contributed by atoms with E-state index in [0.29, 0.717) is 0 Å². The summed E-state index contributed by atoms with van der Waals surface area (Å²) < 4.78 is 18.4. The van der Waals surface area contributed by atoms with E-state index in [-0.39, 0.29) is 11.9 Å². The zero-order valence-electron chi connectivity index (χ0n) is 12.7. The average molecular weight is 300 g/mol. The van der Waals surface area contributed by atoms with Crippen molar-refractivity contribution < 1.29 is 13.9 Å². The van der Waals surface area contributed by atoms with E-state index in [1.165, 1.54) is 17.0 Å². The molecule has 0 saturated carbocycles. The van der Waals surface area contributed by atoms with E-state index in [0.717, 1.165) is 22.6 Å². The molecule has 5 heteroatoms. The summed E-state index contributed by atoms with van der Waals surface area (Å²) in [6, 6.07) is 11.9. The summed E-state index contributed by atoms with van der Waals surface area (Å²) in [5.41, 5.74) is 2.69. The van der Waals surface area contributed by atoms with Gasteiger partial charge in [-0.2, -0.15) is 0 Å². The van der Waals surface area contributed by atoms with Gasteiger partial charge in [0.05, 0.1) is 5.69 Å². The molecule has 0 aliphatic carbocycles. The van der Waals surface area contributed by atoms with E-state index in [4.69, 9.17) is 4.74 Å². The van der Waals surface area contributed by atoms with Crippen LogP contribution in [0.3, 0.4) is 0 Å². The van der Waals surface area contributed by atoms with Crippen molar-refractivity contribution in [3.63, 3.8) is 0 Å². The predicted octanol–water partition coefficient (Wildman–Crippen LogP) is 4.39. The number of rotatable bonds is 2. The van der Waals surface area contributed by atoms with Crippen LogP contribution in [0.15, 0.2) is 42.5 Å². The number of amides is 1. The topological polar surface area (TPSA) is 41.6 Å². The van der Waals surface area contributed by atoms with Crippen LogP contribution >= 0.6 is 0 Å². The number of carbonyl (C=O) groups is 1. The Morgan fingerprint density at radius 1 is 1.09 bits per heavy atom. The zero-order chi connectivity index (χ0) is 15.9. The smallest absolute Gasteiger partial charge is 0.414 e. The molecule has 1 aliphatic rings. The van der Waals surface area contributed by atoms with Crippen LogP contribution < -0.4 is 10.2 Å². The van der Waals surface area contributed by atoms with Crippen LogP contribution in [0.5, 0.6) is 0 Å². The molecule has 1 heterocycles. The fourth-order valence-corrected chi connectivity index (χ4v) is 2.53. The second kappa shape index (κ2) is 5.02. The van der Waals surface area contributed by atoms with E-state index in [1.54, 1.807) is 19.2 Å². The van der Waals surface area contributed by atoms with Crippen LogP contribution in [-0.4, -0.2) is 13.1 Å². The minimum Gasteiger partial charge on any atom is -0.438 e. The number of cyclic esters (lactones) is 1. The highest BCUT2D eigenvalue weighted by Crippen LogP contribution is 2.39. The number of carbonyl (C=O) groups excluding carboxylic acids is 1. The van der Waals surface area contributed by atoms with E-state index < -0.39 is 5.60 Å². The second-order valence-electron chi connectivity index (χ2n) is 5.80.